The van der Waals surface area contributed by atoms with Gasteiger partial charge in [0.25, 0.3) is 0 Å². The average Bonchev–Trinajstić information content (AvgIpc) is 2.61. The fourth-order valence-electron chi connectivity index (χ4n) is 3.01. The average molecular weight is 343 g/mol. The highest BCUT2D eigenvalue weighted by Gasteiger charge is 2.29. The number of halogens is 1. The second-order valence-electron chi connectivity index (χ2n) is 5.94. The van der Waals surface area contributed by atoms with Crippen LogP contribution in [0.4, 0.5) is 4.39 Å². The largest absolute Gasteiger partial charge is 0.493 e. The first-order valence-corrected chi connectivity index (χ1v) is 8.04. The van der Waals surface area contributed by atoms with Gasteiger partial charge >= 0.3 is 5.97 Å². The van der Waals surface area contributed by atoms with Crippen molar-refractivity contribution in [1.29, 1.82) is 0 Å². The van der Waals surface area contributed by atoms with E-state index in [2.05, 4.69) is 5.32 Å². The number of carbonyl (C=O) groups excluding carboxylic acids is 1. The van der Waals surface area contributed by atoms with E-state index in [4.69, 9.17) is 9.84 Å². The summed E-state index contributed by atoms with van der Waals surface area (Å²) in [5.74, 6) is -1.44. The molecule has 2 aromatic rings. The van der Waals surface area contributed by atoms with Gasteiger partial charge in [-0.2, -0.15) is 0 Å². The number of fused-ring (bicyclic) bond motifs is 1. The van der Waals surface area contributed by atoms with Gasteiger partial charge in [0.05, 0.1) is 25.0 Å². The smallest absolute Gasteiger partial charge is 0.305 e. The van der Waals surface area contributed by atoms with Gasteiger partial charge in [0.2, 0.25) is 5.91 Å². The topological polar surface area (TPSA) is 75.6 Å². The molecule has 1 aliphatic rings. The molecule has 0 spiro atoms. The molecule has 2 N–H and O–H groups in total. The number of aliphatic carboxylic acids is 1. The van der Waals surface area contributed by atoms with Crippen LogP contribution < -0.4 is 10.1 Å². The third kappa shape index (κ3) is 3.96. The molecular weight excluding hydrogens is 325 g/mol. The van der Waals surface area contributed by atoms with Crippen LogP contribution in [0.15, 0.2) is 48.5 Å². The second kappa shape index (κ2) is 7.34. The standard InChI is InChI=1S/C19H18FNO4/c20-13-7-5-12(6-8-13)16(11-18(22)23)21-19(24)15-9-10-25-17-4-2-1-3-14(15)17/h1-8,15-16H,9-11H2,(H,21,24)(H,22,23)/t15-,16+/m0/s1. The van der Waals surface area contributed by atoms with Crippen LogP contribution in [0.5, 0.6) is 5.75 Å². The first-order chi connectivity index (χ1) is 12.0. The number of amides is 1. The maximum absolute atomic E-state index is 13.1. The normalized spacial score (nSPS) is 17.1. The SMILES string of the molecule is O=C(O)C[C@@H](NC(=O)[C@H]1CCOc2ccccc21)c1ccc(F)cc1. The highest BCUT2D eigenvalue weighted by molar-refractivity contribution is 5.85. The van der Waals surface area contributed by atoms with Gasteiger partial charge < -0.3 is 15.2 Å². The molecule has 0 radical (unpaired) electrons. The van der Waals surface area contributed by atoms with Crippen LogP contribution >= 0.6 is 0 Å². The molecule has 1 aliphatic heterocycles. The fourth-order valence-corrected chi connectivity index (χ4v) is 3.01. The van der Waals surface area contributed by atoms with Crippen LogP contribution in [-0.2, 0) is 9.59 Å². The summed E-state index contributed by atoms with van der Waals surface area (Å²) in [4.78, 5) is 23.9. The van der Waals surface area contributed by atoms with Crippen molar-refractivity contribution in [3.63, 3.8) is 0 Å². The van der Waals surface area contributed by atoms with Gasteiger partial charge in [-0.25, -0.2) is 4.39 Å². The predicted molar refractivity (Wildman–Crippen MR) is 88.8 cm³/mol. The molecule has 2 atom stereocenters. The number of carboxylic acid groups (broad SMARTS) is 1. The van der Waals surface area contributed by atoms with Gasteiger partial charge in [-0.1, -0.05) is 30.3 Å². The van der Waals surface area contributed by atoms with Gasteiger partial charge in [-0.15, -0.1) is 0 Å². The van der Waals surface area contributed by atoms with Crippen molar-refractivity contribution in [2.45, 2.75) is 24.8 Å². The summed E-state index contributed by atoms with van der Waals surface area (Å²) in [6.07, 6.45) is 0.244. The number of para-hydroxylation sites is 1. The lowest BCUT2D eigenvalue weighted by molar-refractivity contribution is -0.137. The number of carboxylic acids is 1. The van der Waals surface area contributed by atoms with Gasteiger partial charge in [0.15, 0.2) is 0 Å². The summed E-state index contributed by atoms with van der Waals surface area (Å²) in [5.41, 5.74) is 1.34. The number of rotatable bonds is 5. The predicted octanol–water partition coefficient (Wildman–Crippen LogP) is 3.02. The Morgan fingerprint density at radius 3 is 2.64 bits per heavy atom. The molecule has 2 aromatic carbocycles. The van der Waals surface area contributed by atoms with E-state index in [0.29, 0.717) is 24.3 Å². The Hall–Kier alpha value is -2.89. The van der Waals surface area contributed by atoms with Crippen LogP contribution in [-0.4, -0.2) is 23.6 Å². The molecule has 0 unspecified atom stereocenters. The van der Waals surface area contributed by atoms with Crippen molar-refractivity contribution in [2.75, 3.05) is 6.61 Å². The van der Waals surface area contributed by atoms with Gasteiger partial charge in [-0.3, -0.25) is 9.59 Å². The number of carbonyl (C=O) groups is 2. The molecule has 3 rings (SSSR count). The summed E-state index contributed by atoms with van der Waals surface area (Å²) in [6, 6.07) is 12.1. The molecule has 0 aliphatic carbocycles. The van der Waals surface area contributed by atoms with Crippen molar-refractivity contribution in [3.8, 4) is 5.75 Å². The quantitative estimate of drug-likeness (QED) is 0.875. The van der Waals surface area contributed by atoms with E-state index in [1.807, 2.05) is 24.3 Å². The first kappa shape index (κ1) is 17.0. The molecular formula is C19H18FNO4. The molecule has 25 heavy (non-hydrogen) atoms. The highest BCUT2D eigenvalue weighted by Crippen LogP contribution is 2.34. The fraction of sp³-hybridized carbons (Fsp3) is 0.263. The van der Waals surface area contributed by atoms with Crippen LogP contribution in [0.1, 0.15) is 35.9 Å². The number of nitrogens with one attached hydrogen (secondary N) is 1. The van der Waals surface area contributed by atoms with Gasteiger partial charge in [-0.05, 0) is 30.2 Å². The Morgan fingerprint density at radius 2 is 1.92 bits per heavy atom. The summed E-state index contributed by atoms with van der Waals surface area (Å²) >= 11 is 0. The minimum absolute atomic E-state index is 0.258. The Morgan fingerprint density at radius 1 is 1.20 bits per heavy atom. The zero-order valence-corrected chi connectivity index (χ0v) is 13.4. The van der Waals surface area contributed by atoms with E-state index in [1.165, 1.54) is 24.3 Å². The van der Waals surface area contributed by atoms with Crippen molar-refractivity contribution in [3.05, 3.63) is 65.5 Å². The Labute approximate surface area is 144 Å². The number of ether oxygens (including phenoxy) is 1. The zero-order valence-electron chi connectivity index (χ0n) is 13.4. The third-order valence-corrected chi connectivity index (χ3v) is 4.24. The van der Waals surface area contributed by atoms with Crippen molar-refractivity contribution < 1.29 is 23.8 Å². The summed E-state index contributed by atoms with van der Waals surface area (Å²) in [5, 5.41) is 11.9. The Kier molecular flexibility index (Phi) is 4.97. The molecule has 1 heterocycles. The van der Waals surface area contributed by atoms with Gasteiger partial charge in [0.1, 0.15) is 11.6 Å². The van der Waals surface area contributed by atoms with Crippen LogP contribution in [0.2, 0.25) is 0 Å². The maximum atomic E-state index is 13.1. The molecule has 0 saturated heterocycles. The first-order valence-electron chi connectivity index (χ1n) is 8.04. The summed E-state index contributed by atoms with van der Waals surface area (Å²) < 4.78 is 18.7. The van der Waals surface area contributed by atoms with Gasteiger partial charge in [0, 0.05) is 5.56 Å². The van der Waals surface area contributed by atoms with Crippen molar-refractivity contribution in [1.82, 2.24) is 5.32 Å². The van der Waals surface area contributed by atoms with E-state index < -0.39 is 23.7 Å². The third-order valence-electron chi connectivity index (χ3n) is 4.24. The molecule has 5 nitrogen and oxygen atoms in total. The summed E-state index contributed by atoms with van der Waals surface area (Å²) in [6.45, 7) is 0.426. The van der Waals surface area contributed by atoms with Crippen LogP contribution in [0.25, 0.3) is 0 Å². The zero-order chi connectivity index (χ0) is 17.8. The van der Waals surface area contributed by atoms with E-state index in [9.17, 15) is 14.0 Å². The highest BCUT2D eigenvalue weighted by atomic mass is 19.1. The van der Waals surface area contributed by atoms with E-state index >= 15 is 0 Å². The molecule has 0 bridgehead atoms. The number of hydrogen-bond donors (Lipinski definition) is 2. The Balaban J connectivity index is 1.81. The number of hydrogen-bond acceptors (Lipinski definition) is 3. The molecule has 0 saturated carbocycles. The lowest BCUT2D eigenvalue weighted by atomic mass is 9.91. The minimum Gasteiger partial charge on any atom is -0.493 e. The number of benzene rings is 2. The minimum atomic E-state index is -1.04. The van der Waals surface area contributed by atoms with Crippen LogP contribution in [0.3, 0.4) is 0 Å². The van der Waals surface area contributed by atoms with E-state index in [0.717, 1.165) is 5.56 Å². The lowest BCUT2D eigenvalue weighted by Crippen LogP contribution is -2.36. The Bertz CT molecular complexity index is 775. The maximum Gasteiger partial charge on any atom is 0.305 e. The molecule has 1 amide bonds. The molecule has 130 valence electrons. The van der Waals surface area contributed by atoms with E-state index in [-0.39, 0.29) is 12.3 Å². The molecule has 0 aromatic heterocycles. The lowest BCUT2D eigenvalue weighted by Gasteiger charge is -2.27. The monoisotopic (exact) mass is 343 g/mol. The van der Waals surface area contributed by atoms with Crippen molar-refractivity contribution in [2.24, 2.45) is 0 Å². The van der Waals surface area contributed by atoms with Crippen molar-refractivity contribution >= 4 is 11.9 Å². The van der Waals surface area contributed by atoms with E-state index in [1.54, 1.807) is 0 Å². The molecule has 6 heteroatoms. The summed E-state index contributed by atoms with van der Waals surface area (Å²) in [7, 11) is 0. The second-order valence-corrected chi connectivity index (χ2v) is 5.94. The molecule has 0 fully saturated rings. The van der Waals surface area contributed by atoms with Crippen LogP contribution in [0, 0.1) is 5.82 Å².